The van der Waals surface area contributed by atoms with Crippen LogP contribution < -0.4 is 0 Å². The van der Waals surface area contributed by atoms with Gasteiger partial charge >= 0.3 is 0 Å². The van der Waals surface area contributed by atoms with Crippen LogP contribution in [0.5, 0.6) is 0 Å². The monoisotopic (exact) mass is 655 g/mol. The third kappa shape index (κ3) is 4.73. The lowest BCUT2D eigenvalue weighted by Crippen LogP contribution is -1.95. The van der Waals surface area contributed by atoms with E-state index in [4.69, 9.17) is 9.97 Å². The van der Waals surface area contributed by atoms with Gasteiger partial charge in [0.2, 0.25) is 0 Å². The fourth-order valence-electron chi connectivity index (χ4n) is 7.26. The van der Waals surface area contributed by atoms with Crippen LogP contribution in [-0.4, -0.2) is 14.5 Å². The molecule has 50 heavy (non-hydrogen) atoms. The molecule has 10 aromatic rings. The van der Waals surface area contributed by atoms with E-state index in [2.05, 4.69) is 144 Å². The van der Waals surface area contributed by atoms with Crippen molar-refractivity contribution in [1.82, 2.24) is 14.5 Å². The Morgan fingerprint density at radius 2 is 0.960 bits per heavy atom. The molecule has 0 saturated heterocycles. The lowest BCUT2D eigenvalue weighted by atomic mass is 10.00. The molecule has 0 spiro atoms. The van der Waals surface area contributed by atoms with Crippen molar-refractivity contribution in [1.29, 1.82) is 0 Å². The van der Waals surface area contributed by atoms with Crippen molar-refractivity contribution in [3.8, 4) is 50.7 Å². The van der Waals surface area contributed by atoms with Crippen molar-refractivity contribution in [2.75, 3.05) is 0 Å². The molecule has 7 aromatic carbocycles. The summed E-state index contributed by atoms with van der Waals surface area (Å²) in [6.07, 6.45) is 0. The van der Waals surface area contributed by atoms with E-state index in [1.165, 1.54) is 58.8 Å². The Bertz CT molecular complexity index is 2790. The first-order valence-corrected chi connectivity index (χ1v) is 17.6. The van der Waals surface area contributed by atoms with Gasteiger partial charge in [0.15, 0.2) is 5.82 Å². The molecule has 0 amide bonds. The van der Waals surface area contributed by atoms with E-state index in [0.29, 0.717) is 0 Å². The highest BCUT2D eigenvalue weighted by molar-refractivity contribution is 7.25. The normalized spacial score (nSPS) is 11.6. The standard InChI is InChI=1S/C46H29N3S/c1-3-12-31(13-4-1)38-29-39(48-46(47-38)33-14-5-2-6-15-33)32-24-22-30(23-25-32)34-26-27-41-37(28-34)35-16-7-9-18-40(35)49(41)42-19-11-21-44-45(42)36-17-8-10-20-43(36)50-44/h1-29H. The molecule has 3 nitrogen and oxygen atoms in total. The maximum Gasteiger partial charge on any atom is 0.160 e. The molecule has 0 aliphatic carbocycles. The zero-order valence-electron chi connectivity index (χ0n) is 27.0. The van der Waals surface area contributed by atoms with E-state index >= 15 is 0 Å². The van der Waals surface area contributed by atoms with Crippen molar-refractivity contribution in [2.24, 2.45) is 0 Å². The summed E-state index contributed by atoms with van der Waals surface area (Å²) in [5, 5.41) is 5.11. The van der Waals surface area contributed by atoms with Crippen molar-refractivity contribution in [3.63, 3.8) is 0 Å². The van der Waals surface area contributed by atoms with Gasteiger partial charge in [-0.25, -0.2) is 9.97 Å². The maximum absolute atomic E-state index is 5.03. The molecule has 0 N–H and O–H groups in total. The van der Waals surface area contributed by atoms with Crippen LogP contribution >= 0.6 is 11.3 Å². The molecule has 3 heterocycles. The van der Waals surface area contributed by atoms with Gasteiger partial charge in [-0.15, -0.1) is 11.3 Å². The van der Waals surface area contributed by atoms with E-state index in [0.717, 1.165) is 33.9 Å². The predicted molar refractivity (Wildman–Crippen MR) is 211 cm³/mol. The Kier molecular flexibility index (Phi) is 6.68. The quantitative estimate of drug-likeness (QED) is 0.185. The molecule has 0 aliphatic rings. The number of hydrogen-bond donors (Lipinski definition) is 0. The molecule has 0 saturated carbocycles. The lowest BCUT2D eigenvalue weighted by molar-refractivity contribution is 1.18. The van der Waals surface area contributed by atoms with E-state index in [1.54, 1.807) is 0 Å². The molecule has 3 aromatic heterocycles. The molecule has 0 aliphatic heterocycles. The predicted octanol–water partition coefficient (Wildman–Crippen LogP) is 12.6. The van der Waals surface area contributed by atoms with Gasteiger partial charge in [0.05, 0.1) is 28.1 Å². The van der Waals surface area contributed by atoms with Gasteiger partial charge in [0.25, 0.3) is 0 Å². The van der Waals surface area contributed by atoms with Crippen molar-refractivity contribution >= 4 is 53.3 Å². The average Bonchev–Trinajstić information content (AvgIpc) is 3.74. The van der Waals surface area contributed by atoms with Crippen LogP contribution in [0, 0.1) is 0 Å². The summed E-state index contributed by atoms with van der Waals surface area (Å²) in [6, 6.07) is 62.5. The second kappa shape index (κ2) is 11.7. The highest BCUT2D eigenvalue weighted by atomic mass is 32.1. The number of fused-ring (bicyclic) bond motifs is 6. The van der Waals surface area contributed by atoms with Crippen LogP contribution in [0.4, 0.5) is 0 Å². The maximum atomic E-state index is 5.03. The van der Waals surface area contributed by atoms with E-state index < -0.39 is 0 Å². The van der Waals surface area contributed by atoms with E-state index in [9.17, 15) is 0 Å². The first kappa shape index (κ1) is 28.6. The topological polar surface area (TPSA) is 30.7 Å². The summed E-state index contributed by atoms with van der Waals surface area (Å²) in [7, 11) is 0. The van der Waals surface area contributed by atoms with Crippen LogP contribution in [0.2, 0.25) is 0 Å². The lowest BCUT2D eigenvalue weighted by Gasteiger charge is -2.11. The molecule has 0 unspecified atom stereocenters. The van der Waals surface area contributed by atoms with Crippen LogP contribution in [0.25, 0.3) is 92.7 Å². The van der Waals surface area contributed by atoms with Crippen LogP contribution in [-0.2, 0) is 0 Å². The number of benzene rings is 7. The summed E-state index contributed by atoms with van der Waals surface area (Å²) < 4.78 is 5.07. The highest BCUT2D eigenvalue weighted by Gasteiger charge is 2.17. The Labute approximate surface area is 293 Å². The third-order valence-electron chi connectivity index (χ3n) is 9.64. The number of thiophene rings is 1. The van der Waals surface area contributed by atoms with Crippen molar-refractivity contribution in [3.05, 3.63) is 176 Å². The van der Waals surface area contributed by atoms with Crippen LogP contribution in [0.1, 0.15) is 0 Å². The minimum absolute atomic E-state index is 0.721. The second-order valence-corrected chi connectivity index (χ2v) is 13.7. The largest absolute Gasteiger partial charge is 0.309 e. The molecule has 234 valence electrons. The molecule has 0 radical (unpaired) electrons. The molecule has 0 fully saturated rings. The van der Waals surface area contributed by atoms with Crippen LogP contribution in [0.3, 0.4) is 0 Å². The number of para-hydroxylation sites is 1. The molecule has 10 rings (SSSR count). The minimum Gasteiger partial charge on any atom is -0.309 e. The van der Waals surface area contributed by atoms with Gasteiger partial charge in [0, 0.05) is 47.6 Å². The summed E-state index contributed by atoms with van der Waals surface area (Å²) in [6.45, 7) is 0. The average molecular weight is 656 g/mol. The summed E-state index contributed by atoms with van der Waals surface area (Å²) in [5.41, 5.74) is 10.9. The fraction of sp³-hybridized carbons (Fsp3) is 0. The van der Waals surface area contributed by atoms with Crippen LogP contribution in [0.15, 0.2) is 176 Å². The Morgan fingerprint density at radius 1 is 0.380 bits per heavy atom. The zero-order valence-corrected chi connectivity index (χ0v) is 27.8. The Hall–Kier alpha value is -6.36. The van der Waals surface area contributed by atoms with Gasteiger partial charge in [-0.3, -0.25) is 0 Å². The zero-order chi connectivity index (χ0) is 33.0. The van der Waals surface area contributed by atoms with Gasteiger partial charge in [-0.1, -0.05) is 133 Å². The van der Waals surface area contributed by atoms with E-state index in [1.807, 2.05) is 47.7 Å². The second-order valence-electron chi connectivity index (χ2n) is 12.6. The Balaban J connectivity index is 1.08. The third-order valence-corrected chi connectivity index (χ3v) is 10.8. The van der Waals surface area contributed by atoms with Gasteiger partial charge in [-0.05, 0) is 53.6 Å². The van der Waals surface area contributed by atoms with Crippen molar-refractivity contribution in [2.45, 2.75) is 0 Å². The molecular weight excluding hydrogens is 627 g/mol. The molecule has 0 bridgehead atoms. The first-order chi connectivity index (χ1) is 24.8. The fourth-order valence-corrected chi connectivity index (χ4v) is 8.38. The van der Waals surface area contributed by atoms with Gasteiger partial charge < -0.3 is 4.57 Å². The summed E-state index contributed by atoms with van der Waals surface area (Å²) in [4.78, 5) is 9.99. The minimum atomic E-state index is 0.721. The summed E-state index contributed by atoms with van der Waals surface area (Å²) >= 11 is 1.86. The molecule has 0 atom stereocenters. The van der Waals surface area contributed by atoms with E-state index in [-0.39, 0.29) is 0 Å². The van der Waals surface area contributed by atoms with Gasteiger partial charge in [-0.2, -0.15) is 0 Å². The highest BCUT2D eigenvalue weighted by Crippen LogP contribution is 2.41. The number of aromatic nitrogens is 3. The SMILES string of the molecule is c1ccc(-c2cc(-c3ccc(-c4ccc5c(c4)c4ccccc4n5-c4cccc5sc6ccccc6c45)cc3)nc(-c3ccccc3)n2)cc1. The smallest absolute Gasteiger partial charge is 0.160 e. The number of rotatable bonds is 5. The Morgan fingerprint density at radius 3 is 1.74 bits per heavy atom. The first-order valence-electron chi connectivity index (χ1n) is 16.8. The number of hydrogen-bond acceptors (Lipinski definition) is 3. The van der Waals surface area contributed by atoms with Gasteiger partial charge in [0.1, 0.15) is 0 Å². The van der Waals surface area contributed by atoms with Crippen molar-refractivity contribution < 1.29 is 0 Å². The summed E-state index contributed by atoms with van der Waals surface area (Å²) in [5.74, 6) is 0.721. The number of nitrogens with zero attached hydrogens (tertiary/aromatic N) is 3. The molecule has 4 heteroatoms. The molecular formula is C46H29N3S.